The summed E-state index contributed by atoms with van der Waals surface area (Å²) < 4.78 is 10.5. The van der Waals surface area contributed by atoms with Crippen LogP contribution in [0.25, 0.3) is 11.1 Å². The van der Waals surface area contributed by atoms with Gasteiger partial charge in [0, 0.05) is 16.7 Å². The normalized spacial score (nSPS) is 10.1. The molecule has 0 atom stereocenters. The van der Waals surface area contributed by atoms with Gasteiger partial charge in [-0.3, -0.25) is 4.79 Å². The van der Waals surface area contributed by atoms with Crippen molar-refractivity contribution in [2.45, 2.75) is 0 Å². The van der Waals surface area contributed by atoms with E-state index in [1.54, 1.807) is 31.4 Å². The van der Waals surface area contributed by atoms with Crippen molar-refractivity contribution in [3.05, 3.63) is 47.0 Å². The monoisotopic (exact) mass is 276 g/mol. The number of ether oxygens (including phenoxy) is 2. The second kappa shape index (κ2) is 5.76. The summed E-state index contributed by atoms with van der Waals surface area (Å²) in [5.41, 5.74) is 2.22. The predicted octanol–water partition coefficient (Wildman–Crippen LogP) is 3.84. The van der Waals surface area contributed by atoms with Gasteiger partial charge in [-0.1, -0.05) is 23.7 Å². The molecule has 0 saturated heterocycles. The summed E-state index contributed by atoms with van der Waals surface area (Å²) in [4.78, 5) is 11.1. The lowest BCUT2D eigenvalue weighted by molar-refractivity contribution is 0.112. The highest BCUT2D eigenvalue weighted by molar-refractivity contribution is 6.30. The maximum absolute atomic E-state index is 11.1. The number of halogens is 1. The highest BCUT2D eigenvalue weighted by Crippen LogP contribution is 2.35. The van der Waals surface area contributed by atoms with Crippen molar-refractivity contribution < 1.29 is 14.3 Å². The first-order valence-electron chi connectivity index (χ1n) is 5.66. The SMILES string of the molecule is COc1cc(OC)c(-c2ccc(Cl)cc2)cc1C=O. The largest absolute Gasteiger partial charge is 0.496 e. The standard InChI is InChI=1S/C15H13ClO3/c1-18-14-8-15(19-2)13(7-11(14)9-17)10-3-5-12(16)6-4-10/h3-9H,1-2H3. The Balaban J connectivity index is 2.61. The maximum Gasteiger partial charge on any atom is 0.153 e. The molecule has 4 heteroatoms. The van der Waals surface area contributed by atoms with Gasteiger partial charge in [-0.15, -0.1) is 0 Å². The number of hydrogen-bond donors (Lipinski definition) is 0. The van der Waals surface area contributed by atoms with E-state index in [1.165, 1.54) is 7.11 Å². The molecule has 0 aliphatic heterocycles. The number of rotatable bonds is 4. The van der Waals surface area contributed by atoms with Crippen molar-refractivity contribution >= 4 is 17.9 Å². The smallest absolute Gasteiger partial charge is 0.153 e. The molecule has 2 rings (SSSR count). The second-order valence-electron chi connectivity index (χ2n) is 3.92. The van der Waals surface area contributed by atoms with Crippen molar-refractivity contribution in [1.82, 2.24) is 0 Å². The molecule has 0 saturated carbocycles. The summed E-state index contributed by atoms with van der Waals surface area (Å²) in [5.74, 6) is 1.13. The third-order valence-electron chi connectivity index (χ3n) is 2.83. The van der Waals surface area contributed by atoms with Crippen LogP contribution in [-0.2, 0) is 0 Å². The first kappa shape index (κ1) is 13.4. The first-order valence-corrected chi connectivity index (χ1v) is 6.04. The van der Waals surface area contributed by atoms with Gasteiger partial charge in [-0.2, -0.15) is 0 Å². The van der Waals surface area contributed by atoms with Crippen molar-refractivity contribution in [3.8, 4) is 22.6 Å². The lowest BCUT2D eigenvalue weighted by atomic mass is 10.0. The minimum absolute atomic E-state index is 0.480. The molecule has 0 unspecified atom stereocenters. The number of hydrogen-bond acceptors (Lipinski definition) is 3. The fraction of sp³-hybridized carbons (Fsp3) is 0.133. The Morgan fingerprint density at radius 2 is 1.63 bits per heavy atom. The van der Waals surface area contributed by atoms with E-state index in [4.69, 9.17) is 21.1 Å². The molecule has 98 valence electrons. The topological polar surface area (TPSA) is 35.5 Å². The molecule has 0 heterocycles. The van der Waals surface area contributed by atoms with Crippen LogP contribution in [-0.4, -0.2) is 20.5 Å². The van der Waals surface area contributed by atoms with Crippen molar-refractivity contribution in [2.75, 3.05) is 14.2 Å². The minimum atomic E-state index is 0.480. The van der Waals surface area contributed by atoms with E-state index < -0.39 is 0 Å². The van der Waals surface area contributed by atoms with Gasteiger partial charge < -0.3 is 9.47 Å². The predicted molar refractivity (Wildman–Crippen MR) is 75.4 cm³/mol. The summed E-state index contributed by atoms with van der Waals surface area (Å²) >= 11 is 5.87. The number of benzene rings is 2. The zero-order chi connectivity index (χ0) is 13.8. The molecule has 2 aromatic carbocycles. The van der Waals surface area contributed by atoms with Gasteiger partial charge >= 0.3 is 0 Å². The highest BCUT2D eigenvalue weighted by atomic mass is 35.5. The molecular weight excluding hydrogens is 264 g/mol. The van der Waals surface area contributed by atoms with Crippen LogP contribution in [0, 0.1) is 0 Å². The van der Waals surface area contributed by atoms with Gasteiger partial charge in [0.15, 0.2) is 6.29 Å². The van der Waals surface area contributed by atoms with Crippen LogP contribution in [0.5, 0.6) is 11.5 Å². The summed E-state index contributed by atoms with van der Waals surface area (Å²) in [6.07, 6.45) is 0.762. The molecule has 2 aromatic rings. The molecule has 0 fully saturated rings. The van der Waals surface area contributed by atoms with Gasteiger partial charge in [0.05, 0.1) is 19.8 Å². The van der Waals surface area contributed by atoms with Crippen LogP contribution in [0.3, 0.4) is 0 Å². The Bertz CT molecular complexity index is 591. The Morgan fingerprint density at radius 3 is 2.16 bits per heavy atom. The van der Waals surface area contributed by atoms with Crippen molar-refractivity contribution in [1.29, 1.82) is 0 Å². The third kappa shape index (κ3) is 2.71. The molecule has 0 bridgehead atoms. The fourth-order valence-electron chi connectivity index (χ4n) is 1.87. The van der Waals surface area contributed by atoms with Crippen LogP contribution in [0.15, 0.2) is 36.4 Å². The zero-order valence-corrected chi connectivity index (χ0v) is 11.4. The quantitative estimate of drug-likeness (QED) is 0.796. The minimum Gasteiger partial charge on any atom is -0.496 e. The van der Waals surface area contributed by atoms with E-state index in [0.717, 1.165) is 17.4 Å². The Kier molecular flexibility index (Phi) is 4.07. The van der Waals surface area contributed by atoms with Gasteiger partial charge in [-0.05, 0) is 23.8 Å². The maximum atomic E-state index is 11.1. The zero-order valence-electron chi connectivity index (χ0n) is 10.6. The molecule has 0 N–H and O–H groups in total. The van der Waals surface area contributed by atoms with Gasteiger partial charge in [0.1, 0.15) is 11.5 Å². The summed E-state index contributed by atoms with van der Waals surface area (Å²) in [7, 11) is 3.10. The first-order chi connectivity index (χ1) is 9.19. The van der Waals surface area contributed by atoms with Crippen LogP contribution < -0.4 is 9.47 Å². The van der Waals surface area contributed by atoms with Crippen molar-refractivity contribution in [2.24, 2.45) is 0 Å². The van der Waals surface area contributed by atoms with Crippen molar-refractivity contribution in [3.63, 3.8) is 0 Å². The molecule has 0 spiro atoms. The van der Waals surface area contributed by atoms with Crippen LogP contribution >= 0.6 is 11.6 Å². The lowest BCUT2D eigenvalue weighted by Crippen LogP contribution is -1.95. The van der Waals surface area contributed by atoms with Crippen LogP contribution in [0.4, 0.5) is 0 Å². The van der Waals surface area contributed by atoms with Crippen LogP contribution in [0.2, 0.25) is 5.02 Å². The number of carbonyl (C=O) groups is 1. The second-order valence-corrected chi connectivity index (χ2v) is 4.36. The molecule has 0 aliphatic rings. The van der Waals surface area contributed by atoms with Gasteiger partial charge in [0.2, 0.25) is 0 Å². The molecular formula is C15H13ClO3. The third-order valence-corrected chi connectivity index (χ3v) is 3.09. The number of aldehydes is 1. The van der Waals surface area contributed by atoms with Gasteiger partial charge in [-0.25, -0.2) is 0 Å². The fourth-order valence-corrected chi connectivity index (χ4v) is 2.00. The van der Waals surface area contributed by atoms with Crippen LogP contribution in [0.1, 0.15) is 10.4 Å². The molecule has 0 amide bonds. The van der Waals surface area contributed by atoms with E-state index >= 15 is 0 Å². The summed E-state index contributed by atoms with van der Waals surface area (Å²) in [5, 5.41) is 0.659. The Labute approximate surface area is 116 Å². The average Bonchev–Trinajstić information content (AvgIpc) is 2.46. The average molecular weight is 277 g/mol. The molecule has 0 radical (unpaired) electrons. The van der Waals surface area contributed by atoms with E-state index in [1.807, 2.05) is 12.1 Å². The van der Waals surface area contributed by atoms with E-state index in [9.17, 15) is 4.79 Å². The molecule has 0 aromatic heterocycles. The van der Waals surface area contributed by atoms with E-state index in [-0.39, 0.29) is 0 Å². The Morgan fingerprint density at radius 1 is 1.00 bits per heavy atom. The highest BCUT2D eigenvalue weighted by Gasteiger charge is 2.12. The number of methoxy groups -OCH3 is 2. The summed E-state index contributed by atoms with van der Waals surface area (Å²) in [6, 6.07) is 10.8. The summed E-state index contributed by atoms with van der Waals surface area (Å²) in [6.45, 7) is 0. The molecule has 3 nitrogen and oxygen atoms in total. The van der Waals surface area contributed by atoms with E-state index in [0.29, 0.717) is 22.1 Å². The van der Waals surface area contributed by atoms with Gasteiger partial charge in [0.25, 0.3) is 0 Å². The molecule has 19 heavy (non-hydrogen) atoms. The molecule has 0 aliphatic carbocycles. The Hall–Kier alpha value is -2.00. The number of carbonyl (C=O) groups excluding carboxylic acids is 1. The lowest BCUT2D eigenvalue weighted by Gasteiger charge is -2.12. The van der Waals surface area contributed by atoms with E-state index in [2.05, 4.69) is 0 Å².